The molecule has 0 atom stereocenters. The van der Waals surface area contributed by atoms with E-state index in [-0.39, 0.29) is 33.0 Å². The van der Waals surface area contributed by atoms with Gasteiger partial charge in [0.05, 0.1) is 33.0 Å². The third-order valence-corrected chi connectivity index (χ3v) is 4.17. The standard InChI is InChI=1S/C11H25O6P/c1-6-13-11(14-7-2,15-8-3)18(12,16-9-4)17-10-5/h6-10H2,1-5H3. The van der Waals surface area contributed by atoms with E-state index in [9.17, 15) is 4.57 Å². The van der Waals surface area contributed by atoms with Gasteiger partial charge in [0.2, 0.25) is 0 Å². The molecule has 0 rings (SSSR count). The summed E-state index contributed by atoms with van der Waals surface area (Å²) < 4.78 is 39.6. The topological polar surface area (TPSA) is 63.2 Å². The Labute approximate surface area is 109 Å². The molecule has 0 amide bonds. The van der Waals surface area contributed by atoms with Gasteiger partial charge in [0.15, 0.2) is 0 Å². The quantitative estimate of drug-likeness (QED) is 0.429. The van der Waals surface area contributed by atoms with Gasteiger partial charge < -0.3 is 23.3 Å². The highest BCUT2D eigenvalue weighted by Gasteiger charge is 2.55. The Kier molecular flexibility index (Phi) is 9.03. The first kappa shape index (κ1) is 18.0. The van der Waals surface area contributed by atoms with Crippen LogP contribution >= 0.6 is 7.60 Å². The van der Waals surface area contributed by atoms with E-state index in [1.807, 2.05) is 0 Å². The SMILES string of the molecule is CCOC(OCC)(OCC)P(=O)(OCC)OCC. The van der Waals surface area contributed by atoms with Crippen molar-refractivity contribution in [2.24, 2.45) is 0 Å². The van der Waals surface area contributed by atoms with Crippen LogP contribution in [0.3, 0.4) is 0 Å². The van der Waals surface area contributed by atoms with Crippen molar-refractivity contribution in [3.05, 3.63) is 0 Å². The second-order valence-electron chi connectivity index (χ2n) is 3.16. The zero-order valence-electron chi connectivity index (χ0n) is 11.9. The van der Waals surface area contributed by atoms with Gasteiger partial charge in [-0.05, 0) is 34.6 Å². The Hall–Kier alpha value is 0.0300. The number of hydrogen-bond donors (Lipinski definition) is 0. The molecule has 0 saturated carbocycles. The van der Waals surface area contributed by atoms with E-state index in [0.29, 0.717) is 0 Å². The zero-order valence-corrected chi connectivity index (χ0v) is 12.8. The highest BCUT2D eigenvalue weighted by Crippen LogP contribution is 2.61. The average Bonchev–Trinajstić information content (AvgIpc) is 2.30. The van der Waals surface area contributed by atoms with E-state index >= 15 is 0 Å². The lowest BCUT2D eigenvalue weighted by molar-refractivity contribution is -0.330. The van der Waals surface area contributed by atoms with Crippen molar-refractivity contribution in [2.45, 2.75) is 40.3 Å². The van der Waals surface area contributed by atoms with Gasteiger partial charge in [-0.15, -0.1) is 0 Å². The fourth-order valence-corrected chi connectivity index (χ4v) is 3.38. The van der Waals surface area contributed by atoms with Crippen molar-refractivity contribution >= 4 is 7.60 Å². The molecule has 0 unspecified atom stereocenters. The molecule has 0 aromatic rings. The number of rotatable bonds is 11. The number of hydrogen-bond acceptors (Lipinski definition) is 6. The highest BCUT2D eigenvalue weighted by atomic mass is 31.2. The number of ether oxygens (including phenoxy) is 3. The summed E-state index contributed by atoms with van der Waals surface area (Å²) in [7, 11) is -3.68. The third-order valence-electron chi connectivity index (χ3n) is 1.91. The van der Waals surface area contributed by atoms with Crippen LogP contribution in [0.2, 0.25) is 0 Å². The van der Waals surface area contributed by atoms with Crippen LogP contribution in [0, 0.1) is 0 Å². The summed E-state index contributed by atoms with van der Waals surface area (Å²) in [5, 5.41) is 0. The first-order valence-corrected chi connectivity index (χ1v) is 7.91. The van der Waals surface area contributed by atoms with Gasteiger partial charge in [-0.1, -0.05) is 0 Å². The minimum Gasteiger partial charge on any atom is -0.318 e. The van der Waals surface area contributed by atoms with Crippen molar-refractivity contribution in [3.63, 3.8) is 0 Å². The molecule has 110 valence electrons. The fourth-order valence-electron chi connectivity index (χ4n) is 1.44. The summed E-state index contributed by atoms with van der Waals surface area (Å²) in [5.74, 6) is 0. The van der Waals surface area contributed by atoms with Crippen LogP contribution in [0.1, 0.15) is 34.6 Å². The maximum Gasteiger partial charge on any atom is 0.420 e. The Morgan fingerprint density at radius 1 is 0.722 bits per heavy atom. The summed E-state index contributed by atoms with van der Waals surface area (Å²) in [4.78, 5) is 0. The largest absolute Gasteiger partial charge is 0.420 e. The van der Waals surface area contributed by atoms with E-state index in [1.165, 1.54) is 0 Å². The minimum absolute atomic E-state index is 0.215. The molecule has 18 heavy (non-hydrogen) atoms. The van der Waals surface area contributed by atoms with E-state index < -0.39 is 13.3 Å². The van der Waals surface area contributed by atoms with Crippen LogP contribution in [0.25, 0.3) is 0 Å². The molecule has 0 aliphatic rings. The van der Waals surface area contributed by atoms with Crippen molar-refractivity contribution in [2.75, 3.05) is 33.0 Å². The molecular weight excluding hydrogens is 259 g/mol. The molecule has 0 bridgehead atoms. The average molecular weight is 284 g/mol. The van der Waals surface area contributed by atoms with Crippen LogP contribution in [0.5, 0.6) is 0 Å². The summed E-state index contributed by atoms with van der Waals surface area (Å²) in [6.07, 6.45) is 0. The first-order chi connectivity index (χ1) is 8.55. The Bertz CT molecular complexity index is 231. The van der Waals surface area contributed by atoms with Crippen molar-refractivity contribution in [1.82, 2.24) is 0 Å². The molecule has 7 heteroatoms. The van der Waals surface area contributed by atoms with Gasteiger partial charge in [-0.25, -0.2) is 0 Å². The van der Waals surface area contributed by atoms with Gasteiger partial charge in [0, 0.05) is 0 Å². The molecule has 0 aliphatic carbocycles. The molecule has 0 saturated heterocycles. The van der Waals surface area contributed by atoms with Gasteiger partial charge in [-0.2, -0.15) is 0 Å². The lowest BCUT2D eigenvalue weighted by Gasteiger charge is -2.36. The second kappa shape index (κ2) is 9.02. The maximum absolute atomic E-state index is 12.8. The van der Waals surface area contributed by atoms with Gasteiger partial charge in [0.25, 0.3) is 0 Å². The molecule has 0 aromatic heterocycles. The fraction of sp³-hybridized carbons (Fsp3) is 1.00. The van der Waals surface area contributed by atoms with Gasteiger partial charge >= 0.3 is 13.3 Å². The molecule has 0 heterocycles. The summed E-state index contributed by atoms with van der Waals surface area (Å²) in [6, 6.07) is 0. The second-order valence-corrected chi connectivity index (χ2v) is 5.21. The zero-order chi connectivity index (χ0) is 14.1. The Balaban J connectivity index is 5.34. The summed E-state index contributed by atoms with van der Waals surface area (Å²) in [6.45, 7) is 9.95. The van der Waals surface area contributed by atoms with E-state index in [2.05, 4.69) is 0 Å². The summed E-state index contributed by atoms with van der Waals surface area (Å²) >= 11 is 0. The predicted octanol–water partition coefficient (Wildman–Crippen LogP) is 2.97. The molecule has 6 nitrogen and oxygen atoms in total. The maximum atomic E-state index is 12.8. The molecule has 0 N–H and O–H groups in total. The van der Waals surface area contributed by atoms with Crippen molar-refractivity contribution < 1.29 is 27.8 Å². The monoisotopic (exact) mass is 284 g/mol. The molecule has 0 spiro atoms. The lowest BCUT2D eigenvalue weighted by atomic mass is 10.8. The molecular formula is C11H25O6P. The minimum atomic E-state index is -3.68. The van der Waals surface area contributed by atoms with Gasteiger partial charge in [0.1, 0.15) is 0 Å². The molecule has 0 fully saturated rings. The normalized spacial score (nSPS) is 12.9. The Morgan fingerprint density at radius 2 is 1.06 bits per heavy atom. The lowest BCUT2D eigenvalue weighted by Crippen LogP contribution is -2.40. The van der Waals surface area contributed by atoms with Gasteiger partial charge in [-0.3, -0.25) is 4.57 Å². The van der Waals surface area contributed by atoms with Crippen molar-refractivity contribution in [3.8, 4) is 0 Å². The summed E-state index contributed by atoms with van der Waals surface area (Å²) in [5.41, 5.74) is -1.78. The van der Waals surface area contributed by atoms with E-state index in [0.717, 1.165) is 0 Å². The van der Waals surface area contributed by atoms with Crippen LogP contribution in [0.15, 0.2) is 0 Å². The smallest absolute Gasteiger partial charge is 0.318 e. The van der Waals surface area contributed by atoms with E-state index in [1.54, 1.807) is 34.6 Å². The molecule has 0 radical (unpaired) electrons. The molecule has 0 aliphatic heterocycles. The highest BCUT2D eigenvalue weighted by molar-refractivity contribution is 7.55. The van der Waals surface area contributed by atoms with E-state index in [4.69, 9.17) is 23.3 Å². The van der Waals surface area contributed by atoms with Crippen LogP contribution < -0.4 is 0 Å². The van der Waals surface area contributed by atoms with Crippen molar-refractivity contribution in [1.29, 1.82) is 0 Å². The third kappa shape index (κ3) is 4.30. The molecule has 0 aromatic carbocycles. The first-order valence-electron chi connectivity index (χ1n) is 6.36. The predicted molar refractivity (Wildman–Crippen MR) is 68.5 cm³/mol. The van der Waals surface area contributed by atoms with Crippen LogP contribution in [-0.4, -0.2) is 38.7 Å². The Morgan fingerprint density at radius 3 is 1.28 bits per heavy atom. The van der Waals surface area contributed by atoms with Crippen LogP contribution in [-0.2, 0) is 27.8 Å². The van der Waals surface area contributed by atoms with Crippen LogP contribution in [0.4, 0.5) is 0 Å².